The number of halogens is 1. The normalized spacial score (nSPS) is 11.3. The van der Waals surface area contributed by atoms with Gasteiger partial charge in [0.15, 0.2) is 0 Å². The highest BCUT2D eigenvalue weighted by molar-refractivity contribution is 7.89. The highest BCUT2D eigenvalue weighted by Gasteiger charge is 2.13. The topological polar surface area (TPSA) is 81.4 Å². The van der Waals surface area contributed by atoms with Crippen LogP contribution in [0.5, 0.6) is 5.75 Å². The van der Waals surface area contributed by atoms with Gasteiger partial charge in [0.2, 0.25) is 10.0 Å². The Bertz CT molecular complexity index is 987. The van der Waals surface area contributed by atoms with E-state index in [4.69, 9.17) is 10.5 Å². The molecule has 0 radical (unpaired) electrons. The van der Waals surface area contributed by atoms with E-state index in [1.165, 1.54) is 24.3 Å². The summed E-state index contributed by atoms with van der Waals surface area (Å²) in [6, 6.07) is 19.2. The second kappa shape index (κ2) is 8.20. The summed E-state index contributed by atoms with van der Waals surface area (Å²) in [5, 5.41) is 0. The average molecular weight is 386 g/mol. The van der Waals surface area contributed by atoms with Gasteiger partial charge in [-0.3, -0.25) is 0 Å². The van der Waals surface area contributed by atoms with Gasteiger partial charge in [0.05, 0.1) is 4.90 Å². The molecule has 3 N–H and O–H groups in total. The lowest BCUT2D eigenvalue weighted by Gasteiger charge is -2.09. The Morgan fingerprint density at radius 3 is 2.07 bits per heavy atom. The number of sulfonamides is 1. The fourth-order valence-corrected chi connectivity index (χ4v) is 3.38. The Balaban J connectivity index is 1.55. The van der Waals surface area contributed by atoms with E-state index in [1.54, 1.807) is 48.5 Å². The molecule has 140 valence electrons. The molecule has 0 saturated heterocycles. The molecule has 7 heteroatoms. The third-order valence-electron chi connectivity index (χ3n) is 3.90. The molecule has 0 atom stereocenters. The largest absolute Gasteiger partial charge is 0.489 e. The molecule has 3 rings (SSSR count). The smallest absolute Gasteiger partial charge is 0.240 e. The first kappa shape index (κ1) is 18.9. The van der Waals surface area contributed by atoms with Crippen molar-refractivity contribution in [2.45, 2.75) is 18.0 Å². The van der Waals surface area contributed by atoms with Crippen molar-refractivity contribution >= 4 is 15.7 Å². The highest BCUT2D eigenvalue weighted by atomic mass is 32.2. The minimum absolute atomic E-state index is 0.158. The maximum absolute atomic E-state index is 12.9. The molecule has 0 saturated carbocycles. The summed E-state index contributed by atoms with van der Waals surface area (Å²) >= 11 is 0. The zero-order valence-corrected chi connectivity index (χ0v) is 15.2. The summed E-state index contributed by atoms with van der Waals surface area (Å²) < 4.78 is 45.6. The summed E-state index contributed by atoms with van der Waals surface area (Å²) in [6.45, 7) is 0.481. The van der Waals surface area contributed by atoms with Gasteiger partial charge < -0.3 is 10.5 Å². The Morgan fingerprint density at radius 2 is 1.44 bits per heavy atom. The van der Waals surface area contributed by atoms with Crippen molar-refractivity contribution in [3.8, 4) is 5.75 Å². The van der Waals surface area contributed by atoms with Crippen LogP contribution >= 0.6 is 0 Å². The van der Waals surface area contributed by atoms with Gasteiger partial charge in [0, 0.05) is 12.2 Å². The van der Waals surface area contributed by atoms with E-state index in [0.29, 0.717) is 18.0 Å². The number of nitrogen functional groups attached to an aromatic ring is 1. The monoisotopic (exact) mass is 386 g/mol. The average Bonchev–Trinajstić information content (AvgIpc) is 2.67. The van der Waals surface area contributed by atoms with Crippen LogP contribution in [-0.4, -0.2) is 8.42 Å². The second-order valence-electron chi connectivity index (χ2n) is 5.95. The van der Waals surface area contributed by atoms with Crippen molar-refractivity contribution in [3.05, 3.63) is 89.7 Å². The first-order chi connectivity index (χ1) is 12.9. The Kier molecular flexibility index (Phi) is 5.73. The van der Waals surface area contributed by atoms with E-state index in [-0.39, 0.29) is 17.3 Å². The van der Waals surface area contributed by atoms with E-state index in [1.807, 2.05) is 0 Å². The molecule has 0 amide bonds. The predicted molar refractivity (Wildman–Crippen MR) is 102 cm³/mol. The highest BCUT2D eigenvalue weighted by Crippen LogP contribution is 2.16. The molecular weight excluding hydrogens is 367 g/mol. The van der Waals surface area contributed by atoms with Crippen molar-refractivity contribution in [1.29, 1.82) is 0 Å². The molecule has 3 aromatic carbocycles. The van der Waals surface area contributed by atoms with Gasteiger partial charge in [-0.05, 0) is 59.7 Å². The van der Waals surface area contributed by atoms with Gasteiger partial charge in [0.1, 0.15) is 18.2 Å². The number of anilines is 1. The molecule has 27 heavy (non-hydrogen) atoms. The zero-order valence-electron chi connectivity index (χ0n) is 14.4. The SMILES string of the molecule is Nc1ccc(S(=O)(=O)NCc2ccc(OCc3ccc(F)cc3)cc2)cc1. The first-order valence-electron chi connectivity index (χ1n) is 8.24. The van der Waals surface area contributed by atoms with Gasteiger partial charge >= 0.3 is 0 Å². The number of hydrogen-bond donors (Lipinski definition) is 2. The summed E-state index contributed by atoms with van der Waals surface area (Å²) in [6.07, 6.45) is 0. The van der Waals surface area contributed by atoms with Crippen LogP contribution in [0.4, 0.5) is 10.1 Å². The van der Waals surface area contributed by atoms with Gasteiger partial charge in [-0.15, -0.1) is 0 Å². The van der Waals surface area contributed by atoms with Crippen molar-refractivity contribution < 1.29 is 17.5 Å². The Hall–Kier alpha value is -2.90. The molecule has 0 bridgehead atoms. The van der Waals surface area contributed by atoms with E-state index < -0.39 is 10.0 Å². The summed E-state index contributed by atoms with van der Waals surface area (Å²) in [4.78, 5) is 0.163. The van der Waals surface area contributed by atoms with Crippen LogP contribution in [0.2, 0.25) is 0 Å². The van der Waals surface area contributed by atoms with E-state index in [0.717, 1.165) is 11.1 Å². The molecule has 5 nitrogen and oxygen atoms in total. The first-order valence-corrected chi connectivity index (χ1v) is 9.72. The van der Waals surface area contributed by atoms with Crippen molar-refractivity contribution in [2.75, 3.05) is 5.73 Å². The number of rotatable bonds is 7. The summed E-state index contributed by atoms with van der Waals surface area (Å²) in [7, 11) is -3.60. The minimum atomic E-state index is -3.60. The summed E-state index contributed by atoms with van der Waals surface area (Å²) in [5.74, 6) is 0.356. The standard InChI is InChI=1S/C20H19FN2O3S/c21-17-5-1-16(2-6-17)14-26-19-9-3-15(4-10-19)13-23-27(24,25)20-11-7-18(22)8-12-20/h1-12,23H,13-14,22H2. The number of hydrogen-bond acceptors (Lipinski definition) is 4. The lowest BCUT2D eigenvalue weighted by molar-refractivity contribution is 0.306. The van der Waals surface area contributed by atoms with Crippen LogP contribution in [0.1, 0.15) is 11.1 Å². The van der Waals surface area contributed by atoms with Crippen molar-refractivity contribution in [2.24, 2.45) is 0 Å². The Morgan fingerprint density at radius 1 is 0.852 bits per heavy atom. The van der Waals surface area contributed by atoms with Crippen LogP contribution in [0.25, 0.3) is 0 Å². The fourth-order valence-electron chi connectivity index (χ4n) is 2.36. The maximum atomic E-state index is 12.9. The maximum Gasteiger partial charge on any atom is 0.240 e. The predicted octanol–water partition coefficient (Wildman–Crippen LogP) is 3.47. The number of ether oxygens (including phenoxy) is 1. The third kappa shape index (κ3) is 5.29. The quantitative estimate of drug-likeness (QED) is 0.609. The van der Waals surface area contributed by atoms with Crippen LogP contribution in [0.3, 0.4) is 0 Å². The molecule has 0 unspecified atom stereocenters. The molecule has 0 spiro atoms. The van der Waals surface area contributed by atoms with Crippen molar-refractivity contribution in [1.82, 2.24) is 4.72 Å². The second-order valence-corrected chi connectivity index (χ2v) is 7.72. The van der Waals surface area contributed by atoms with Gasteiger partial charge in [-0.25, -0.2) is 17.5 Å². The van der Waals surface area contributed by atoms with Crippen LogP contribution < -0.4 is 15.2 Å². The molecule has 0 aliphatic rings. The third-order valence-corrected chi connectivity index (χ3v) is 5.32. The van der Waals surface area contributed by atoms with Crippen molar-refractivity contribution in [3.63, 3.8) is 0 Å². The van der Waals surface area contributed by atoms with Gasteiger partial charge in [-0.2, -0.15) is 0 Å². The van der Waals surface area contributed by atoms with Crippen LogP contribution in [0.15, 0.2) is 77.7 Å². The lowest BCUT2D eigenvalue weighted by atomic mass is 10.2. The fraction of sp³-hybridized carbons (Fsp3) is 0.100. The van der Waals surface area contributed by atoms with E-state index >= 15 is 0 Å². The van der Waals surface area contributed by atoms with E-state index in [9.17, 15) is 12.8 Å². The molecule has 0 heterocycles. The van der Waals surface area contributed by atoms with Crippen LogP contribution in [-0.2, 0) is 23.2 Å². The zero-order chi connectivity index (χ0) is 19.3. The lowest BCUT2D eigenvalue weighted by Crippen LogP contribution is -2.23. The molecule has 0 aliphatic carbocycles. The number of nitrogens with two attached hydrogens (primary N) is 1. The molecular formula is C20H19FN2O3S. The van der Waals surface area contributed by atoms with E-state index in [2.05, 4.69) is 4.72 Å². The summed E-state index contributed by atoms with van der Waals surface area (Å²) in [5.41, 5.74) is 7.73. The molecule has 0 aliphatic heterocycles. The number of nitrogens with one attached hydrogen (secondary N) is 1. The minimum Gasteiger partial charge on any atom is -0.489 e. The Labute approximate surface area is 157 Å². The number of benzene rings is 3. The van der Waals surface area contributed by atoms with Crippen LogP contribution in [0, 0.1) is 5.82 Å². The molecule has 3 aromatic rings. The van der Waals surface area contributed by atoms with Gasteiger partial charge in [0.25, 0.3) is 0 Å². The molecule has 0 fully saturated rings. The molecule has 0 aromatic heterocycles. The van der Waals surface area contributed by atoms with Gasteiger partial charge in [-0.1, -0.05) is 24.3 Å².